The Morgan fingerprint density at radius 3 is 2.37 bits per heavy atom. The maximum Gasteiger partial charge on any atom is 0.311 e. The van der Waals surface area contributed by atoms with Crippen molar-refractivity contribution >= 4 is 24.5 Å². The average Bonchev–Trinajstić information content (AvgIpc) is 2.61. The maximum absolute atomic E-state index is 11.5. The standard InChI is InChI=1S/C21H26BClO4/c1-21(14-24,20(25)26)12-16(13-22(2)27)10-15-6-8-17(9-7-15)18-4-3-5-19(23)11-18/h3-9,11,16,24,27H,10,12-14H2,1-2H3,(H,25,26)/t16-,21+/m1/s1. The first kappa shape index (κ1) is 21.5. The van der Waals surface area contributed by atoms with Crippen molar-refractivity contribution in [2.45, 2.75) is 32.9 Å². The van der Waals surface area contributed by atoms with Gasteiger partial charge in [-0.3, -0.25) is 4.79 Å². The monoisotopic (exact) mass is 388 g/mol. The summed E-state index contributed by atoms with van der Waals surface area (Å²) < 4.78 is 0. The van der Waals surface area contributed by atoms with Gasteiger partial charge in [-0.1, -0.05) is 54.8 Å². The Morgan fingerprint density at radius 2 is 1.85 bits per heavy atom. The van der Waals surface area contributed by atoms with Gasteiger partial charge in [0.25, 0.3) is 6.92 Å². The van der Waals surface area contributed by atoms with Crippen molar-refractivity contribution in [1.82, 2.24) is 0 Å². The number of hydrogen-bond donors (Lipinski definition) is 3. The van der Waals surface area contributed by atoms with Crippen molar-refractivity contribution in [3.05, 3.63) is 59.1 Å². The number of carbonyl (C=O) groups is 1. The van der Waals surface area contributed by atoms with Crippen molar-refractivity contribution in [3.8, 4) is 11.1 Å². The third-order valence-electron chi connectivity index (χ3n) is 4.92. The molecule has 0 aromatic heterocycles. The molecule has 0 amide bonds. The zero-order chi connectivity index (χ0) is 20.0. The number of hydrogen-bond acceptors (Lipinski definition) is 3. The van der Waals surface area contributed by atoms with E-state index in [1.807, 2.05) is 48.5 Å². The quantitative estimate of drug-likeness (QED) is 0.561. The third kappa shape index (κ3) is 6.10. The summed E-state index contributed by atoms with van der Waals surface area (Å²) in [5.41, 5.74) is 1.95. The van der Waals surface area contributed by atoms with Crippen LogP contribution in [0, 0.1) is 11.3 Å². The van der Waals surface area contributed by atoms with Gasteiger partial charge in [0.1, 0.15) is 0 Å². The predicted molar refractivity (Wildman–Crippen MR) is 110 cm³/mol. The van der Waals surface area contributed by atoms with Gasteiger partial charge < -0.3 is 15.2 Å². The van der Waals surface area contributed by atoms with Gasteiger partial charge in [-0.05, 0) is 60.8 Å². The molecule has 0 aliphatic carbocycles. The molecule has 0 unspecified atom stereocenters. The van der Waals surface area contributed by atoms with E-state index >= 15 is 0 Å². The maximum atomic E-state index is 11.5. The molecule has 0 radical (unpaired) electrons. The molecule has 2 aromatic carbocycles. The molecule has 0 aliphatic heterocycles. The predicted octanol–water partition coefficient (Wildman–Crippen LogP) is 4.25. The van der Waals surface area contributed by atoms with Gasteiger partial charge in [0, 0.05) is 5.02 Å². The number of aliphatic hydroxyl groups is 1. The molecule has 0 spiro atoms. The highest BCUT2D eigenvalue weighted by Crippen LogP contribution is 2.31. The molecular weight excluding hydrogens is 362 g/mol. The summed E-state index contributed by atoms with van der Waals surface area (Å²) in [6, 6.07) is 15.7. The Hall–Kier alpha value is -1.82. The van der Waals surface area contributed by atoms with E-state index in [0.717, 1.165) is 16.7 Å². The van der Waals surface area contributed by atoms with E-state index in [1.165, 1.54) is 0 Å². The summed E-state index contributed by atoms with van der Waals surface area (Å²) in [6.07, 6.45) is 1.43. The Labute approximate surface area is 165 Å². The minimum absolute atomic E-state index is 0.0460. The van der Waals surface area contributed by atoms with Crippen LogP contribution in [0.25, 0.3) is 11.1 Å². The molecule has 0 aliphatic rings. The molecule has 0 saturated carbocycles. The van der Waals surface area contributed by atoms with Gasteiger partial charge >= 0.3 is 5.97 Å². The lowest BCUT2D eigenvalue weighted by Gasteiger charge is -2.28. The van der Waals surface area contributed by atoms with Crippen LogP contribution in [0.3, 0.4) is 0 Å². The van der Waals surface area contributed by atoms with E-state index < -0.39 is 24.9 Å². The molecule has 0 fully saturated rings. The molecule has 0 bridgehead atoms. The summed E-state index contributed by atoms with van der Waals surface area (Å²) in [5, 5.41) is 29.5. The van der Waals surface area contributed by atoms with Gasteiger partial charge in [0.15, 0.2) is 0 Å². The molecule has 6 heteroatoms. The zero-order valence-electron chi connectivity index (χ0n) is 15.7. The van der Waals surface area contributed by atoms with E-state index in [1.54, 1.807) is 13.7 Å². The lowest BCUT2D eigenvalue weighted by molar-refractivity contribution is -0.151. The van der Waals surface area contributed by atoms with E-state index in [-0.39, 0.29) is 5.92 Å². The highest BCUT2D eigenvalue weighted by Gasteiger charge is 2.35. The lowest BCUT2D eigenvalue weighted by atomic mass is 9.60. The summed E-state index contributed by atoms with van der Waals surface area (Å²) in [4.78, 5) is 11.5. The number of halogens is 1. The molecule has 0 saturated heterocycles. The van der Waals surface area contributed by atoms with Crippen LogP contribution in [0.15, 0.2) is 48.5 Å². The van der Waals surface area contributed by atoms with Crippen molar-refractivity contribution in [1.29, 1.82) is 0 Å². The SMILES string of the molecule is CB(O)C[C@H](Cc1ccc(-c2cccc(Cl)c2)cc1)C[C@@](C)(CO)C(=O)O. The molecule has 0 heterocycles. The van der Waals surface area contributed by atoms with Crippen molar-refractivity contribution in [2.24, 2.45) is 11.3 Å². The molecule has 2 aromatic rings. The number of benzene rings is 2. The molecule has 144 valence electrons. The summed E-state index contributed by atoms with van der Waals surface area (Å²) >= 11 is 6.05. The van der Waals surface area contributed by atoms with Crippen LogP contribution < -0.4 is 0 Å². The second-order valence-corrected chi connectivity index (χ2v) is 8.03. The van der Waals surface area contributed by atoms with Gasteiger partial charge in [-0.15, -0.1) is 0 Å². The number of carboxylic acid groups (broad SMARTS) is 1. The van der Waals surface area contributed by atoms with Gasteiger partial charge in [0.2, 0.25) is 0 Å². The van der Waals surface area contributed by atoms with Crippen LogP contribution >= 0.6 is 11.6 Å². The fourth-order valence-electron chi connectivity index (χ4n) is 3.41. The van der Waals surface area contributed by atoms with Crippen LogP contribution in [-0.2, 0) is 11.2 Å². The fourth-order valence-corrected chi connectivity index (χ4v) is 3.60. The average molecular weight is 389 g/mol. The number of rotatable bonds is 9. The minimum Gasteiger partial charge on any atom is -0.481 e. The Bertz CT molecular complexity index is 763. The Kier molecular flexibility index (Phi) is 7.48. The van der Waals surface area contributed by atoms with Crippen LogP contribution in [-0.4, -0.2) is 34.7 Å². The minimum atomic E-state index is -1.21. The lowest BCUT2D eigenvalue weighted by Crippen LogP contribution is -2.35. The second-order valence-electron chi connectivity index (χ2n) is 7.59. The van der Waals surface area contributed by atoms with Crippen LogP contribution in [0.2, 0.25) is 18.2 Å². The largest absolute Gasteiger partial charge is 0.481 e. The van der Waals surface area contributed by atoms with Crippen molar-refractivity contribution in [2.75, 3.05) is 6.61 Å². The normalized spacial score (nSPS) is 14.4. The highest BCUT2D eigenvalue weighted by molar-refractivity contribution is 6.48. The van der Waals surface area contributed by atoms with Gasteiger partial charge in [0.05, 0.1) is 12.0 Å². The first-order valence-corrected chi connectivity index (χ1v) is 9.48. The molecule has 4 nitrogen and oxygen atoms in total. The van der Waals surface area contributed by atoms with E-state index in [2.05, 4.69) is 0 Å². The molecule has 2 rings (SSSR count). The number of aliphatic carboxylic acids is 1. The van der Waals surface area contributed by atoms with Crippen LogP contribution in [0.5, 0.6) is 0 Å². The smallest absolute Gasteiger partial charge is 0.311 e. The highest BCUT2D eigenvalue weighted by atomic mass is 35.5. The summed E-state index contributed by atoms with van der Waals surface area (Å²) in [5.74, 6) is -1.06. The zero-order valence-corrected chi connectivity index (χ0v) is 16.5. The van der Waals surface area contributed by atoms with Crippen LogP contribution in [0.4, 0.5) is 0 Å². The molecule has 2 atom stereocenters. The van der Waals surface area contributed by atoms with Gasteiger partial charge in [-0.2, -0.15) is 0 Å². The topological polar surface area (TPSA) is 77.8 Å². The first-order chi connectivity index (χ1) is 12.7. The first-order valence-electron chi connectivity index (χ1n) is 9.10. The number of aliphatic hydroxyl groups excluding tert-OH is 1. The van der Waals surface area contributed by atoms with E-state index in [9.17, 15) is 20.0 Å². The summed E-state index contributed by atoms with van der Waals surface area (Å²) in [6.45, 7) is 2.29. The summed E-state index contributed by atoms with van der Waals surface area (Å²) in [7, 11) is 0. The number of carboxylic acids is 1. The van der Waals surface area contributed by atoms with E-state index in [4.69, 9.17) is 11.6 Å². The Morgan fingerprint density at radius 1 is 1.19 bits per heavy atom. The molecule has 27 heavy (non-hydrogen) atoms. The van der Waals surface area contributed by atoms with Crippen LogP contribution in [0.1, 0.15) is 18.9 Å². The third-order valence-corrected chi connectivity index (χ3v) is 5.15. The second kappa shape index (κ2) is 9.40. The van der Waals surface area contributed by atoms with Gasteiger partial charge in [-0.25, -0.2) is 0 Å². The van der Waals surface area contributed by atoms with E-state index in [0.29, 0.717) is 24.2 Å². The fraction of sp³-hybridized carbons (Fsp3) is 0.381. The van der Waals surface area contributed by atoms with Crippen molar-refractivity contribution in [3.63, 3.8) is 0 Å². The molecule has 3 N–H and O–H groups in total. The van der Waals surface area contributed by atoms with Crippen molar-refractivity contribution < 1.29 is 20.0 Å². The Balaban J connectivity index is 2.16. The molecular formula is C21H26BClO4.